The first-order valence-electron chi connectivity index (χ1n) is 5.83. The van der Waals surface area contributed by atoms with Crippen LogP contribution in [-0.2, 0) is 13.5 Å². The van der Waals surface area contributed by atoms with E-state index in [1.165, 1.54) is 0 Å². The van der Waals surface area contributed by atoms with Gasteiger partial charge < -0.3 is 5.32 Å². The number of hydrogen-bond acceptors (Lipinski definition) is 3. The Morgan fingerprint density at radius 3 is 2.95 bits per heavy atom. The molecular weight excluding hydrogens is 326 g/mol. The van der Waals surface area contributed by atoms with Crippen LogP contribution < -0.4 is 5.32 Å². The molecule has 0 atom stereocenters. The summed E-state index contributed by atoms with van der Waals surface area (Å²) >= 11 is 7.62. The second-order valence-electron chi connectivity index (χ2n) is 4.13. The summed E-state index contributed by atoms with van der Waals surface area (Å²) in [6.07, 6.45) is 2.57. The number of thiol groups is 1. The van der Waals surface area contributed by atoms with Crippen molar-refractivity contribution in [1.29, 1.82) is 0 Å². The van der Waals surface area contributed by atoms with Crippen molar-refractivity contribution in [1.82, 2.24) is 9.78 Å². The lowest BCUT2D eigenvalue weighted by atomic mass is 10.2. The fraction of sp³-hybridized carbons (Fsp3) is 0.231. The maximum atomic E-state index is 12.3. The van der Waals surface area contributed by atoms with Gasteiger partial charge in [0.1, 0.15) is 0 Å². The summed E-state index contributed by atoms with van der Waals surface area (Å²) in [7, 11) is 1.83. The average molecular weight is 340 g/mol. The Morgan fingerprint density at radius 1 is 1.53 bits per heavy atom. The van der Waals surface area contributed by atoms with Crippen molar-refractivity contribution in [2.24, 2.45) is 7.05 Å². The molecule has 6 heteroatoms. The quantitative estimate of drug-likeness (QED) is 0.843. The van der Waals surface area contributed by atoms with Crippen LogP contribution in [0.4, 0.5) is 5.69 Å². The molecule has 1 aromatic heterocycles. The fourth-order valence-electron chi connectivity index (χ4n) is 1.78. The first kappa shape index (κ1) is 14.1. The van der Waals surface area contributed by atoms with Gasteiger partial charge in [0.2, 0.25) is 0 Å². The Hall–Kier alpha value is -1.27. The second-order valence-corrected chi connectivity index (χ2v) is 5.51. The van der Waals surface area contributed by atoms with Gasteiger partial charge in [0.25, 0.3) is 5.91 Å². The zero-order valence-corrected chi connectivity index (χ0v) is 13.1. The van der Waals surface area contributed by atoms with E-state index in [1.54, 1.807) is 23.0 Å². The van der Waals surface area contributed by atoms with Gasteiger partial charge >= 0.3 is 0 Å². The van der Waals surface area contributed by atoms with Gasteiger partial charge in [-0.05, 0) is 40.5 Å². The zero-order valence-electron chi connectivity index (χ0n) is 10.6. The van der Waals surface area contributed by atoms with E-state index in [0.29, 0.717) is 5.56 Å². The first-order valence-corrected chi connectivity index (χ1v) is 7.07. The van der Waals surface area contributed by atoms with Gasteiger partial charge in [-0.1, -0.05) is 6.92 Å². The van der Waals surface area contributed by atoms with Crippen molar-refractivity contribution >= 4 is 40.2 Å². The molecule has 0 saturated carbocycles. The second kappa shape index (κ2) is 5.79. The average Bonchev–Trinajstić information content (AvgIpc) is 2.72. The molecule has 0 spiro atoms. The Morgan fingerprint density at radius 2 is 2.26 bits per heavy atom. The molecule has 0 bridgehead atoms. The molecule has 4 nitrogen and oxygen atoms in total. The van der Waals surface area contributed by atoms with Crippen LogP contribution in [0.3, 0.4) is 0 Å². The lowest BCUT2D eigenvalue weighted by molar-refractivity contribution is 0.102. The molecule has 1 N–H and O–H groups in total. The third-order valence-corrected chi connectivity index (χ3v) is 3.65. The maximum absolute atomic E-state index is 12.3. The monoisotopic (exact) mass is 339 g/mol. The van der Waals surface area contributed by atoms with E-state index in [1.807, 2.05) is 20.0 Å². The van der Waals surface area contributed by atoms with Gasteiger partial charge in [0.15, 0.2) is 0 Å². The normalized spacial score (nSPS) is 10.5. The molecule has 100 valence electrons. The molecule has 1 amide bonds. The first-order chi connectivity index (χ1) is 9.01. The number of amides is 1. The maximum Gasteiger partial charge on any atom is 0.256 e. The molecular formula is C13H14BrN3OS. The Labute approximate surface area is 125 Å². The highest BCUT2D eigenvalue weighted by Crippen LogP contribution is 2.22. The molecule has 0 radical (unpaired) electrons. The molecule has 2 aromatic rings. The summed E-state index contributed by atoms with van der Waals surface area (Å²) in [6.45, 7) is 2.00. The van der Waals surface area contributed by atoms with E-state index < -0.39 is 0 Å². The van der Waals surface area contributed by atoms with Gasteiger partial charge in [-0.3, -0.25) is 9.48 Å². The number of rotatable bonds is 3. The summed E-state index contributed by atoms with van der Waals surface area (Å²) < 4.78 is 2.43. The summed E-state index contributed by atoms with van der Waals surface area (Å²) in [6, 6.07) is 5.36. The van der Waals surface area contributed by atoms with E-state index in [0.717, 1.165) is 27.2 Å². The summed E-state index contributed by atoms with van der Waals surface area (Å²) in [4.78, 5) is 13.0. The molecule has 19 heavy (non-hydrogen) atoms. The van der Waals surface area contributed by atoms with Crippen LogP contribution in [0.25, 0.3) is 0 Å². The molecule has 0 aliphatic rings. The highest BCUT2D eigenvalue weighted by Gasteiger charge is 2.14. The molecule has 0 aliphatic heterocycles. The third kappa shape index (κ3) is 3.19. The van der Waals surface area contributed by atoms with Crippen LogP contribution in [0.2, 0.25) is 0 Å². The largest absolute Gasteiger partial charge is 0.319 e. The van der Waals surface area contributed by atoms with Gasteiger partial charge in [0.05, 0.1) is 16.9 Å². The molecule has 1 heterocycles. The molecule has 0 unspecified atom stereocenters. The van der Waals surface area contributed by atoms with Crippen molar-refractivity contribution in [2.45, 2.75) is 18.2 Å². The number of carbonyl (C=O) groups excluding carboxylic acids is 1. The number of anilines is 1. The van der Waals surface area contributed by atoms with Crippen LogP contribution in [0.1, 0.15) is 23.0 Å². The van der Waals surface area contributed by atoms with E-state index in [2.05, 4.69) is 39.0 Å². The van der Waals surface area contributed by atoms with Crippen LogP contribution in [0, 0.1) is 0 Å². The number of benzene rings is 1. The molecule has 1 aromatic carbocycles. The van der Waals surface area contributed by atoms with E-state index in [-0.39, 0.29) is 5.91 Å². The highest BCUT2D eigenvalue weighted by molar-refractivity contribution is 9.10. The standard InChI is InChI=1S/C13H14BrN3OS/c1-3-11-12(7-17(2)16-11)15-13(18)9-6-8(19)4-5-10(9)14/h4-7,19H,3H2,1-2H3,(H,15,18). The van der Waals surface area contributed by atoms with Crippen molar-refractivity contribution in [3.8, 4) is 0 Å². The van der Waals surface area contributed by atoms with Crippen LogP contribution in [0.5, 0.6) is 0 Å². The van der Waals surface area contributed by atoms with Crippen molar-refractivity contribution < 1.29 is 4.79 Å². The highest BCUT2D eigenvalue weighted by atomic mass is 79.9. The number of aryl methyl sites for hydroxylation is 2. The van der Waals surface area contributed by atoms with Gasteiger partial charge in [-0.2, -0.15) is 5.10 Å². The van der Waals surface area contributed by atoms with Crippen molar-refractivity contribution in [3.05, 3.63) is 40.1 Å². The number of nitrogens with one attached hydrogen (secondary N) is 1. The molecule has 0 saturated heterocycles. The molecule has 0 aliphatic carbocycles. The van der Waals surface area contributed by atoms with Gasteiger partial charge in [-0.25, -0.2) is 0 Å². The smallest absolute Gasteiger partial charge is 0.256 e. The fourth-order valence-corrected chi connectivity index (χ4v) is 2.41. The number of aromatic nitrogens is 2. The lowest BCUT2D eigenvalue weighted by Crippen LogP contribution is -2.13. The summed E-state index contributed by atoms with van der Waals surface area (Å²) in [5.74, 6) is -0.175. The molecule has 0 fully saturated rings. The van der Waals surface area contributed by atoms with E-state index >= 15 is 0 Å². The number of halogens is 1. The predicted molar refractivity (Wildman–Crippen MR) is 81.9 cm³/mol. The zero-order chi connectivity index (χ0) is 14.0. The minimum absolute atomic E-state index is 0.175. The van der Waals surface area contributed by atoms with Crippen LogP contribution >= 0.6 is 28.6 Å². The number of carbonyl (C=O) groups is 1. The van der Waals surface area contributed by atoms with E-state index in [9.17, 15) is 4.79 Å². The summed E-state index contributed by atoms with van der Waals surface area (Å²) in [5.41, 5.74) is 2.17. The SMILES string of the molecule is CCc1nn(C)cc1NC(=O)c1cc(S)ccc1Br. The molecule has 2 rings (SSSR count). The Kier molecular flexibility index (Phi) is 4.31. The topological polar surface area (TPSA) is 46.9 Å². The lowest BCUT2D eigenvalue weighted by Gasteiger charge is -2.07. The number of nitrogens with zero attached hydrogens (tertiary/aromatic N) is 2. The van der Waals surface area contributed by atoms with E-state index in [4.69, 9.17) is 0 Å². The van der Waals surface area contributed by atoms with Crippen molar-refractivity contribution in [3.63, 3.8) is 0 Å². The van der Waals surface area contributed by atoms with Gasteiger partial charge in [-0.15, -0.1) is 12.6 Å². The predicted octanol–water partition coefficient (Wildman–Crippen LogP) is 3.29. The Balaban J connectivity index is 2.27. The minimum Gasteiger partial charge on any atom is -0.319 e. The Bertz CT molecular complexity index is 624. The summed E-state index contributed by atoms with van der Waals surface area (Å²) in [5, 5.41) is 7.17. The number of hydrogen-bond donors (Lipinski definition) is 2. The minimum atomic E-state index is -0.175. The van der Waals surface area contributed by atoms with Gasteiger partial charge in [0, 0.05) is 22.6 Å². The van der Waals surface area contributed by atoms with Crippen LogP contribution in [0.15, 0.2) is 33.8 Å². The van der Waals surface area contributed by atoms with Crippen LogP contribution in [-0.4, -0.2) is 15.7 Å². The van der Waals surface area contributed by atoms with Crippen molar-refractivity contribution in [2.75, 3.05) is 5.32 Å². The third-order valence-electron chi connectivity index (χ3n) is 2.68.